The van der Waals surface area contributed by atoms with Gasteiger partial charge in [0.1, 0.15) is 0 Å². The molecule has 2 unspecified atom stereocenters. The number of carbonyl (C=O) groups is 2. The summed E-state index contributed by atoms with van der Waals surface area (Å²) in [7, 11) is 1.36. The van der Waals surface area contributed by atoms with Crippen LogP contribution in [0.15, 0.2) is 0 Å². The van der Waals surface area contributed by atoms with Crippen LogP contribution in [-0.2, 0) is 14.4 Å². The molecule has 1 aliphatic rings. The van der Waals surface area contributed by atoms with E-state index in [1.54, 1.807) is 0 Å². The lowest BCUT2D eigenvalue weighted by Gasteiger charge is -2.20. The summed E-state index contributed by atoms with van der Waals surface area (Å²) in [5, 5.41) is 0.912. The van der Waals surface area contributed by atoms with Crippen molar-refractivity contribution >= 4 is 11.8 Å². The minimum atomic E-state index is -0.238. The Morgan fingerprint density at radius 2 is 1.33 bits per heavy atom. The Morgan fingerprint density at radius 1 is 1.00 bits per heavy atom. The molecule has 0 aromatic heterocycles. The van der Waals surface area contributed by atoms with Crippen molar-refractivity contribution in [3.63, 3.8) is 0 Å². The van der Waals surface area contributed by atoms with Crippen LogP contribution in [0.4, 0.5) is 0 Å². The maximum Gasteiger partial charge on any atom is 0.257 e. The molecule has 1 fully saturated rings. The topological polar surface area (TPSA) is 46.6 Å². The van der Waals surface area contributed by atoms with Crippen LogP contribution in [0.1, 0.15) is 27.7 Å². The molecule has 1 heterocycles. The minimum Gasteiger partial charge on any atom is -0.272 e. The fraction of sp³-hybridized carbons (Fsp3) is 0.818. The van der Waals surface area contributed by atoms with Gasteiger partial charge in [0, 0.05) is 0 Å². The average molecular weight is 213 g/mol. The Morgan fingerprint density at radius 3 is 1.53 bits per heavy atom. The van der Waals surface area contributed by atoms with Gasteiger partial charge in [-0.25, -0.2) is 0 Å². The number of carbonyl (C=O) groups excluding carboxylic acids is 2. The Labute approximate surface area is 90.5 Å². The van der Waals surface area contributed by atoms with Crippen LogP contribution in [0, 0.1) is 23.7 Å². The lowest BCUT2D eigenvalue weighted by molar-refractivity contribution is -0.181. The van der Waals surface area contributed by atoms with Gasteiger partial charge in [-0.05, 0) is 11.8 Å². The van der Waals surface area contributed by atoms with Crippen molar-refractivity contribution in [3.8, 4) is 0 Å². The molecule has 86 valence electrons. The van der Waals surface area contributed by atoms with Crippen molar-refractivity contribution in [2.75, 3.05) is 7.11 Å². The van der Waals surface area contributed by atoms with Gasteiger partial charge in [-0.15, -0.1) is 0 Å². The van der Waals surface area contributed by atoms with E-state index in [9.17, 15) is 9.59 Å². The van der Waals surface area contributed by atoms with Gasteiger partial charge < -0.3 is 0 Å². The molecule has 0 aromatic carbocycles. The molecule has 0 spiro atoms. The highest BCUT2D eigenvalue weighted by Crippen LogP contribution is 2.36. The fourth-order valence-electron chi connectivity index (χ4n) is 2.27. The average Bonchev–Trinajstić information content (AvgIpc) is 2.37. The monoisotopic (exact) mass is 213 g/mol. The lowest BCUT2D eigenvalue weighted by Crippen LogP contribution is -2.30. The second kappa shape index (κ2) is 4.31. The molecule has 1 rings (SSSR count). The normalized spacial score (nSPS) is 27.3. The number of amides is 2. The van der Waals surface area contributed by atoms with Gasteiger partial charge in [0.25, 0.3) is 11.8 Å². The summed E-state index contributed by atoms with van der Waals surface area (Å²) in [4.78, 5) is 28.6. The molecule has 0 aliphatic carbocycles. The molecule has 15 heavy (non-hydrogen) atoms. The molecule has 0 aromatic rings. The first-order chi connectivity index (χ1) is 6.91. The first-order valence-electron chi connectivity index (χ1n) is 5.33. The summed E-state index contributed by atoms with van der Waals surface area (Å²) < 4.78 is 0. The highest BCUT2D eigenvalue weighted by molar-refractivity contribution is 6.04. The first-order valence-corrected chi connectivity index (χ1v) is 5.33. The molecule has 0 bridgehead atoms. The molecule has 1 saturated heterocycles. The molecular weight excluding hydrogens is 194 g/mol. The highest BCUT2D eigenvalue weighted by atomic mass is 16.7. The zero-order chi connectivity index (χ0) is 11.7. The Bertz CT molecular complexity index is 247. The van der Waals surface area contributed by atoms with E-state index in [2.05, 4.69) is 0 Å². The molecule has 4 heteroatoms. The summed E-state index contributed by atoms with van der Waals surface area (Å²) in [5.41, 5.74) is 0. The maximum atomic E-state index is 11.9. The SMILES string of the molecule is CON1C(=O)C(C(C)C)C(C(C)C)C1=O. The number of hydrogen-bond donors (Lipinski definition) is 0. The third kappa shape index (κ3) is 1.91. The van der Waals surface area contributed by atoms with E-state index in [1.165, 1.54) is 7.11 Å². The molecule has 0 N–H and O–H groups in total. The number of rotatable bonds is 3. The predicted molar refractivity (Wildman–Crippen MR) is 55.5 cm³/mol. The Hall–Kier alpha value is -0.900. The second-order valence-electron chi connectivity index (χ2n) is 4.69. The van der Waals surface area contributed by atoms with E-state index >= 15 is 0 Å². The van der Waals surface area contributed by atoms with Crippen molar-refractivity contribution in [3.05, 3.63) is 0 Å². The van der Waals surface area contributed by atoms with Crippen molar-refractivity contribution in [1.29, 1.82) is 0 Å². The van der Waals surface area contributed by atoms with Crippen LogP contribution in [0.5, 0.6) is 0 Å². The first kappa shape index (κ1) is 12.2. The van der Waals surface area contributed by atoms with Crippen LogP contribution < -0.4 is 0 Å². The third-order valence-corrected chi connectivity index (χ3v) is 2.98. The number of imide groups is 1. The molecule has 0 saturated carbocycles. The second-order valence-corrected chi connectivity index (χ2v) is 4.69. The van der Waals surface area contributed by atoms with Gasteiger partial charge in [-0.1, -0.05) is 27.7 Å². The summed E-state index contributed by atoms with van der Waals surface area (Å²) in [6, 6.07) is 0. The Balaban J connectivity index is 3.03. The fourth-order valence-corrected chi connectivity index (χ4v) is 2.27. The molecular formula is C11H19NO3. The van der Waals surface area contributed by atoms with Crippen molar-refractivity contribution < 1.29 is 14.4 Å². The molecule has 1 aliphatic heterocycles. The number of hydroxylamine groups is 2. The van der Waals surface area contributed by atoms with Gasteiger partial charge in [0.2, 0.25) is 0 Å². The number of hydrogen-bond acceptors (Lipinski definition) is 3. The largest absolute Gasteiger partial charge is 0.272 e. The minimum absolute atomic E-state index is 0.161. The van der Waals surface area contributed by atoms with E-state index in [1.807, 2.05) is 27.7 Å². The molecule has 4 nitrogen and oxygen atoms in total. The zero-order valence-electron chi connectivity index (χ0n) is 9.98. The summed E-state index contributed by atoms with van der Waals surface area (Å²) in [5.74, 6) is -0.551. The van der Waals surface area contributed by atoms with E-state index in [-0.39, 0.29) is 35.5 Å². The van der Waals surface area contributed by atoms with Gasteiger partial charge >= 0.3 is 0 Å². The standard InChI is InChI=1S/C11H19NO3/c1-6(2)8-9(7(3)4)11(14)12(15-5)10(8)13/h6-9H,1-5H3. The van der Waals surface area contributed by atoms with Crippen LogP contribution in [-0.4, -0.2) is 24.0 Å². The van der Waals surface area contributed by atoms with E-state index < -0.39 is 0 Å². The van der Waals surface area contributed by atoms with E-state index in [4.69, 9.17) is 4.84 Å². The van der Waals surface area contributed by atoms with Crippen LogP contribution in [0.2, 0.25) is 0 Å². The molecule has 2 atom stereocenters. The lowest BCUT2D eigenvalue weighted by atomic mass is 9.79. The van der Waals surface area contributed by atoms with Gasteiger partial charge in [-0.2, -0.15) is 5.06 Å². The Kier molecular flexibility index (Phi) is 3.50. The zero-order valence-corrected chi connectivity index (χ0v) is 9.98. The molecule has 2 amide bonds. The van der Waals surface area contributed by atoms with Crippen molar-refractivity contribution in [1.82, 2.24) is 5.06 Å². The summed E-state index contributed by atoms with van der Waals surface area (Å²) >= 11 is 0. The van der Waals surface area contributed by atoms with Crippen molar-refractivity contribution in [2.45, 2.75) is 27.7 Å². The van der Waals surface area contributed by atoms with Gasteiger partial charge in [-0.3, -0.25) is 14.4 Å². The quantitative estimate of drug-likeness (QED) is 0.667. The van der Waals surface area contributed by atoms with Crippen molar-refractivity contribution in [2.24, 2.45) is 23.7 Å². The predicted octanol–water partition coefficient (Wildman–Crippen LogP) is 1.46. The van der Waals surface area contributed by atoms with Gasteiger partial charge in [0.15, 0.2) is 0 Å². The van der Waals surface area contributed by atoms with Crippen LogP contribution in [0.3, 0.4) is 0 Å². The maximum absolute atomic E-state index is 11.9. The number of nitrogens with zero attached hydrogens (tertiary/aromatic N) is 1. The highest BCUT2D eigenvalue weighted by Gasteiger charge is 2.50. The summed E-state index contributed by atoms with van der Waals surface area (Å²) in [6.07, 6.45) is 0. The third-order valence-electron chi connectivity index (χ3n) is 2.98. The van der Waals surface area contributed by atoms with E-state index in [0.29, 0.717) is 0 Å². The van der Waals surface area contributed by atoms with Crippen LogP contribution in [0.25, 0.3) is 0 Å². The molecule has 0 radical (unpaired) electrons. The smallest absolute Gasteiger partial charge is 0.257 e. The van der Waals surface area contributed by atoms with E-state index in [0.717, 1.165) is 5.06 Å². The summed E-state index contributed by atoms with van der Waals surface area (Å²) in [6.45, 7) is 7.85. The van der Waals surface area contributed by atoms with Crippen LogP contribution >= 0.6 is 0 Å². The van der Waals surface area contributed by atoms with Gasteiger partial charge in [0.05, 0.1) is 18.9 Å².